The summed E-state index contributed by atoms with van der Waals surface area (Å²) < 4.78 is 15.6. The highest BCUT2D eigenvalue weighted by Crippen LogP contribution is 1.94. The smallest absolute Gasteiger partial charge is 0.246 e. The van der Waals surface area contributed by atoms with Crippen molar-refractivity contribution in [3.05, 3.63) is 0 Å². The molecule has 0 aliphatic carbocycles. The van der Waals surface area contributed by atoms with Crippen LogP contribution in [0.3, 0.4) is 0 Å². The molecular formula is C14H27NO5. The molecule has 118 valence electrons. The van der Waals surface area contributed by atoms with Gasteiger partial charge in [-0.15, -0.1) is 0 Å². The number of hydrogen-bond acceptors (Lipinski definition) is 5. The Morgan fingerprint density at radius 2 is 1.35 bits per heavy atom. The van der Waals surface area contributed by atoms with Crippen molar-refractivity contribution in [3.8, 4) is 0 Å². The molecule has 0 aliphatic heterocycles. The molecule has 0 heterocycles. The standard InChI is InChI=1S/C14H27NO5/c1-11(2)13(16)9-19-7-5-18-6-8-20-10-14(17)15-12(3)4/h11-12H,5-10H2,1-4H3,(H,15,17). The van der Waals surface area contributed by atoms with Gasteiger partial charge in [-0.2, -0.15) is 0 Å². The molecule has 0 aliphatic rings. The molecule has 0 radical (unpaired) electrons. The molecule has 0 bridgehead atoms. The molecule has 6 nitrogen and oxygen atoms in total. The Hall–Kier alpha value is -0.980. The SMILES string of the molecule is CC(C)NC(=O)COCCOCCOCC(=O)C(C)C. The first-order chi connectivity index (χ1) is 9.43. The average molecular weight is 289 g/mol. The minimum atomic E-state index is -0.129. The van der Waals surface area contributed by atoms with E-state index in [-0.39, 0.29) is 36.9 Å². The lowest BCUT2D eigenvalue weighted by Crippen LogP contribution is -2.33. The Morgan fingerprint density at radius 1 is 0.850 bits per heavy atom. The maximum Gasteiger partial charge on any atom is 0.246 e. The molecule has 0 fully saturated rings. The maximum absolute atomic E-state index is 11.2. The van der Waals surface area contributed by atoms with Gasteiger partial charge in [-0.25, -0.2) is 0 Å². The number of nitrogens with one attached hydrogen (secondary N) is 1. The van der Waals surface area contributed by atoms with Crippen LogP contribution in [0.15, 0.2) is 0 Å². The predicted octanol–water partition coefficient (Wildman–Crippen LogP) is 0.786. The van der Waals surface area contributed by atoms with Crippen LogP contribution in [0.4, 0.5) is 0 Å². The zero-order valence-corrected chi connectivity index (χ0v) is 12.9. The third-order valence-electron chi connectivity index (χ3n) is 2.32. The third kappa shape index (κ3) is 12.1. The molecule has 0 unspecified atom stereocenters. The van der Waals surface area contributed by atoms with E-state index in [9.17, 15) is 9.59 Å². The van der Waals surface area contributed by atoms with Crippen LogP contribution in [-0.2, 0) is 23.8 Å². The summed E-state index contributed by atoms with van der Waals surface area (Å²) in [5.74, 6) is -0.0404. The monoisotopic (exact) mass is 289 g/mol. The number of carbonyl (C=O) groups is 2. The highest BCUT2D eigenvalue weighted by atomic mass is 16.5. The molecule has 0 saturated heterocycles. The van der Waals surface area contributed by atoms with E-state index in [0.29, 0.717) is 26.4 Å². The van der Waals surface area contributed by atoms with Gasteiger partial charge < -0.3 is 19.5 Å². The summed E-state index contributed by atoms with van der Waals surface area (Å²) in [5, 5.41) is 2.72. The highest BCUT2D eigenvalue weighted by molar-refractivity contribution is 5.81. The predicted molar refractivity (Wildman–Crippen MR) is 75.6 cm³/mol. The van der Waals surface area contributed by atoms with Crippen molar-refractivity contribution in [3.63, 3.8) is 0 Å². The molecule has 0 atom stereocenters. The fraction of sp³-hybridized carbons (Fsp3) is 0.857. The summed E-state index contributed by atoms with van der Waals surface area (Å²) in [4.78, 5) is 22.5. The minimum Gasteiger partial charge on any atom is -0.377 e. The van der Waals surface area contributed by atoms with Gasteiger partial charge in [0.1, 0.15) is 13.2 Å². The van der Waals surface area contributed by atoms with E-state index in [1.54, 1.807) is 0 Å². The van der Waals surface area contributed by atoms with Gasteiger partial charge in [0.05, 0.1) is 26.4 Å². The fourth-order valence-electron chi connectivity index (χ4n) is 1.21. The third-order valence-corrected chi connectivity index (χ3v) is 2.32. The van der Waals surface area contributed by atoms with Crippen LogP contribution in [0.25, 0.3) is 0 Å². The molecule has 1 amide bonds. The van der Waals surface area contributed by atoms with Crippen molar-refractivity contribution in [1.29, 1.82) is 0 Å². The quantitative estimate of drug-likeness (QED) is 0.538. The van der Waals surface area contributed by atoms with Gasteiger partial charge in [-0.1, -0.05) is 13.8 Å². The first kappa shape index (κ1) is 19.0. The first-order valence-electron chi connectivity index (χ1n) is 6.98. The van der Waals surface area contributed by atoms with Crippen LogP contribution in [-0.4, -0.2) is 57.4 Å². The van der Waals surface area contributed by atoms with Gasteiger partial charge in [0.15, 0.2) is 5.78 Å². The Morgan fingerprint density at radius 3 is 1.85 bits per heavy atom. The summed E-state index contributed by atoms with van der Waals surface area (Å²) in [6.07, 6.45) is 0. The molecule has 0 rings (SSSR count). The van der Waals surface area contributed by atoms with Gasteiger partial charge in [0.2, 0.25) is 5.91 Å². The van der Waals surface area contributed by atoms with E-state index in [2.05, 4.69) is 5.32 Å². The molecule has 0 spiro atoms. The zero-order chi connectivity index (χ0) is 15.4. The lowest BCUT2D eigenvalue weighted by molar-refractivity contribution is -0.127. The molecule has 0 aromatic rings. The molecular weight excluding hydrogens is 262 g/mol. The highest BCUT2D eigenvalue weighted by Gasteiger charge is 2.06. The lowest BCUT2D eigenvalue weighted by Gasteiger charge is -2.09. The molecule has 0 saturated carbocycles. The molecule has 6 heteroatoms. The summed E-state index contributed by atoms with van der Waals surface area (Å²) >= 11 is 0. The second-order valence-corrected chi connectivity index (χ2v) is 5.06. The number of ether oxygens (including phenoxy) is 3. The van der Waals surface area contributed by atoms with E-state index in [1.165, 1.54) is 0 Å². The van der Waals surface area contributed by atoms with E-state index in [1.807, 2.05) is 27.7 Å². The number of carbonyl (C=O) groups excluding carboxylic acids is 2. The van der Waals surface area contributed by atoms with Crippen molar-refractivity contribution < 1.29 is 23.8 Å². The van der Waals surface area contributed by atoms with Crippen LogP contribution in [0.5, 0.6) is 0 Å². The van der Waals surface area contributed by atoms with Crippen LogP contribution in [0.1, 0.15) is 27.7 Å². The summed E-state index contributed by atoms with van der Waals surface area (Å²) in [5.41, 5.74) is 0. The number of Topliss-reactive ketones (excluding diaryl/α,β-unsaturated/α-hetero) is 1. The zero-order valence-electron chi connectivity index (χ0n) is 12.9. The van der Waals surface area contributed by atoms with Gasteiger partial charge in [-0.05, 0) is 13.8 Å². The summed E-state index contributed by atoms with van der Waals surface area (Å²) in [7, 11) is 0. The van der Waals surface area contributed by atoms with Crippen molar-refractivity contribution in [2.45, 2.75) is 33.7 Å². The lowest BCUT2D eigenvalue weighted by atomic mass is 10.1. The Balaban J connectivity index is 3.25. The first-order valence-corrected chi connectivity index (χ1v) is 6.98. The minimum absolute atomic E-state index is 0.00121. The maximum atomic E-state index is 11.2. The molecule has 1 N–H and O–H groups in total. The Kier molecular flexibility index (Phi) is 11.2. The average Bonchev–Trinajstić information content (AvgIpc) is 2.35. The van der Waals surface area contributed by atoms with Gasteiger partial charge in [-0.3, -0.25) is 9.59 Å². The van der Waals surface area contributed by atoms with Gasteiger partial charge in [0, 0.05) is 12.0 Å². The fourth-order valence-corrected chi connectivity index (χ4v) is 1.21. The van der Waals surface area contributed by atoms with Crippen molar-refractivity contribution >= 4 is 11.7 Å². The van der Waals surface area contributed by atoms with Crippen molar-refractivity contribution in [2.75, 3.05) is 39.6 Å². The van der Waals surface area contributed by atoms with E-state index >= 15 is 0 Å². The Bertz CT molecular complexity index is 279. The van der Waals surface area contributed by atoms with Crippen LogP contribution < -0.4 is 5.32 Å². The van der Waals surface area contributed by atoms with E-state index in [0.717, 1.165) is 0 Å². The second-order valence-electron chi connectivity index (χ2n) is 5.06. The van der Waals surface area contributed by atoms with Crippen LogP contribution >= 0.6 is 0 Å². The number of amides is 1. The van der Waals surface area contributed by atoms with Gasteiger partial charge >= 0.3 is 0 Å². The number of rotatable bonds is 12. The second kappa shape index (κ2) is 11.8. The Labute approximate surface area is 121 Å². The number of hydrogen-bond donors (Lipinski definition) is 1. The largest absolute Gasteiger partial charge is 0.377 e. The van der Waals surface area contributed by atoms with Crippen molar-refractivity contribution in [2.24, 2.45) is 5.92 Å². The van der Waals surface area contributed by atoms with Gasteiger partial charge in [0.25, 0.3) is 0 Å². The molecule has 0 aromatic heterocycles. The normalized spacial score (nSPS) is 11.1. The topological polar surface area (TPSA) is 73.9 Å². The van der Waals surface area contributed by atoms with Crippen molar-refractivity contribution in [1.82, 2.24) is 5.32 Å². The van der Waals surface area contributed by atoms with E-state index in [4.69, 9.17) is 14.2 Å². The number of ketones is 1. The molecule has 20 heavy (non-hydrogen) atoms. The van der Waals surface area contributed by atoms with E-state index < -0.39 is 0 Å². The summed E-state index contributed by atoms with van der Waals surface area (Å²) in [6, 6.07) is 0.119. The molecule has 0 aromatic carbocycles. The van der Waals surface area contributed by atoms with Crippen LogP contribution in [0.2, 0.25) is 0 Å². The summed E-state index contributed by atoms with van der Waals surface area (Å²) in [6.45, 7) is 9.19. The van der Waals surface area contributed by atoms with Crippen LogP contribution in [0, 0.1) is 5.92 Å².